The summed E-state index contributed by atoms with van der Waals surface area (Å²) in [6.45, 7) is 7.78. The topological polar surface area (TPSA) is 60.0 Å². The van der Waals surface area contributed by atoms with Crippen LogP contribution in [0.15, 0.2) is 36.4 Å². The van der Waals surface area contributed by atoms with Crippen LogP contribution in [0.3, 0.4) is 0 Å². The Balaban J connectivity index is 1.76. The van der Waals surface area contributed by atoms with Gasteiger partial charge >= 0.3 is 0 Å². The van der Waals surface area contributed by atoms with E-state index in [-0.39, 0.29) is 5.91 Å². The van der Waals surface area contributed by atoms with Crippen LogP contribution in [0.2, 0.25) is 5.02 Å². The number of hydrogen-bond acceptors (Lipinski definition) is 5. The molecule has 7 heteroatoms. The number of carbonyl (C=O) groups excluding carboxylic acids is 1. The van der Waals surface area contributed by atoms with Gasteiger partial charge in [0.15, 0.2) is 0 Å². The lowest BCUT2D eigenvalue weighted by Gasteiger charge is -2.29. The van der Waals surface area contributed by atoms with Gasteiger partial charge in [0, 0.05) is 30.4 Å². The summed E-state index contributed by atoms with van der Waals surface area (Å²) >= 11 is 6.45. The second-order valence-electron chi connectivity index (χ2n) is 6.28. The summed E-state index contributed by atoms with van der Waals surface area (Å²) in [6, 6.07) is 10.7. The SMILES string of the molecule is CCOc1cc(OCC)cc(C(=O)Nc2ccc(N3CCOCC3)c(Cl)c2)c1. The van der Waals surface area contributed by atoms with Crippen LogP contribution in [0.4, 0.5) is 11.4 Å². The smallest absolute Gasteiger partial charge is 0.255 e. The van der Waals surface area contributed by atoms with E-state index in [2.05, 4.69) is 10.2 Å². The van der Waals surface area contributed by atoms with Gasteiger partial charge in [-0.1, -0.05) is 11.6 Å². The molecule has 0 saturated carbocycles. The van der Waals surface area contributed by atoms with Gasteiger partial charge in [-0.3, -0.25) is 4.79 Å². The first-order valence-electron chi connectivity index (χ1n) is 9.45. The van der Waals surface area contributed by atoms with Gasteiger partial charge in [-0.25, -0.2) is 0 Å². The van der Waals surface area contributed by atoms with Crippen molar-refractivity contribution < 1.29 is 19.0 Å². The number of halogens is 1. The monoisotopic (exact) mass is 404 g/mol. The van der Waals surface area contributed by atoms with Gasteiger partial charge in [-0.05, 0) is 44.2 Å². The first-order chi connectivity index (χ1) is 13.6. The first kappa shape index (κ1) is 20.3. The molecule has 1 aliphatic heterocycles. The minimum absolute atomic E-state index is 0.252. The molecule has 0 aromatic heterocycles. The lowest BCUT2D eigenvalue weighted by Crippen LogP contribution is -2.36. The zero-order valence-corrected chi connectivity index (χ0v) is 16.9. The fourth-order valence-corrected chi connectivity index (χ4v) is 3.35. The number of rotatable bonds is 7. The highest BCUT2D eigenvalue weighted by Crippen LogP contribution is 2.30. The molecule has 1 aliphatic rings. The van der Waals surface area contributed by atoms with Crippen molar-refractivity contribution in [2.24, 2.45) is 0 Å². The van der Waals surface area contributed by atoms with E-state index in [9.17, 15) is 4.79 Å². The summed E-state index contributed by atoms with van der Waals surface area (Å²) in [7, 11) is 0. The maximum atomic E-state index is 12.7. The summed E-state index contributed by atoms with van der Waals surface area (Å²) < 4.78 is 16.5. The normalized spacial score (nSPS) is 13.9. The molecule has 0 bridgehead atoms. The van der Waals surface area contributed by atoms with Gasteiger partial charge in [-0.2, -0.15) is 0 Å². The third kappa shape index (κ3) is 5.09. The molecule has 1 saturated heterocycles. The van der Waals surface area contributed by atoms with Crippen LogP contribution in [0.5, 0.6) is 11.5 Å². The molecule has 1 heterocycles. The van der Waals surface area contributed by atoms with Crippen molar-refractivity contribution in [1.82, 2.24) is 0 Å². The molecular formula is C21H25ClN2O4. The average molecular weight is 405 g/mol. The summed E-state index contributed by atoms with van der Waals surface area (Å²) in [4.78, 5) is 14.9. The number of carbonyl (C=O) groups is 1. The van der Waals surface area contributed by atoms with Crippen molar-refractivity contribution in [2.45, 2.75) is 13.8 Å². The van der Waals surface area contributed by atoms with E-state index < -0.39 is 0 Å². The zero-order chi connectivity index (χ0) is 19.9. The molecule has 1 fully saturated rings. The quantitative estimate of drug-likeness (QED) is 0.748. The maximum Gasteiger partial charge on any atom is 0.255 e. The predicted octanol–water partition coefficient (Wildman–Crippen LogP) is 4.23. The number of amides is 1. The van der Waals surface area contributed by atoms with E-state index in [1.54, 1.807) is 24.3 Å². The van der Waals surface area contributed by atoms with Crippen LogP contribution in [0, 0.1) is 0 Å². The Morgan fingerprint density at radius 2 is 1.71 bits per heavy atom. The molecule has 1 amide bonds. The van der Waals surface area contributed by atoms with Crippen molar-refractivity contribution in [3.63, 3.8) is 0 Å². The third-order valence-corrected chi connectivity index (χ3v) is 4.62. The fourth-order valence-electron chi connectivity index (χ4n) is 3.05. The number of ether oxygens (including phenoxy) is 3. The van der Waals surface area contributed by atoms with Crippen molar-refractivity contribution >= 4 is 28.9 Å². The van der Waals surface area contributed by atoms with E-state index in [0.29, 0.717) is 54.2 Å². The minimum Gasteiger partial charge on any atom is -0.494 e. The van der Waals surface area contributed by atoms with Crippen molar-refractivity contribution in [2.75, 3.05) is 49.7 Å². The predicted molar refractivity (Wildman–Crippen MR) is 111 cm³/mol. The number of anilines is 2. The summed E-state index contributed by atoms with van der Waals surface area (Å²) in [5.74, 6) is 0.941. The first-order valence-corrected chi connectivity index (χ1v) is 9.82. The summed E-state index contributed by atoms with van der Waals surface area (Å²) in [6.07, 6.45) is 0. The van der Waals surface area contributed by atoms with Gasteiger partial charge < -0.3 is 24.4 Å². The number of nitrogens with zero attached hydrogens (tertiary/aromatic N) is 1. The lowest BCUT2D eigenvalue weighted by atomic mass is 10.1. The molecule has 0 unspecified atom stereocenters. The molecule has 1 N–H and O–H groups in total. The minimum atomic E-state index is -0.252. The van der Waals surface area contributed by atoms with Crippen molar-refractivity contribution in [3.05, 3.63) is 47.0 Å². The summed E-state index contributed by atoms with van der Waals surface area (Å²) in [5, 5.41) is 3.49. The molecular weight excluding hydrogens is 380 g/mol. The standard InChI is InChI=1S/C21H25ClN2O4/c1-3-27-17-11-15(12-18(14-17)28-4-2)21(25)23-16-5-6-20(19(22)13-16)24-7-9-26-10-8-24/h5-6,11-14H,3-4,7-10H2,1-2H3,(H,23,25). The molecule has 0 atom stereocenters. The van der Waals surface area contributed by atoms with E-state index >= 15 is 0 Å². The zero-order valence-electron chi connectivity index (χ0n) is 16.2. The van der Waals surface area contributed by atoms with Crippen LogP contribution >= 0.6 is 11.6 Å². The Labute approximate surface area is 170 Å². The Hall–Kier alpha value is -2.44. The molecule has 0 radical (unpaired) electrons. The van der Waals surface area contributed by atoms with Crippen LogP contribution in [-0.4, -0.2) is 45.4 Å². The molecule has 150 valence electrons. The van der Waals surface area contributed by atoms with E-state index in [4.69, 9.17) is 25.8 Å². The maximum absolute atomic E-state index is 12.7. The average Bonchev–Trinajstić information content (AvgIpc) is 2.69. The van der Waals surface area contributed by atoms with Gasteiger partial charge in [0.2, 0.25) is 0 Å². The Morgan fingerprint density at radius 1 is 1.07 bits per heavy atom. The highest BCUT2D eigenvalue weighted by molar-refractivity contribution is 6.33. The van der Waals surface area contributed by atoms with E-state index in [0.717, 1.165) is 18.8 Å². The molecule has 6 nitrogen and oxygen atoms in total. The van der Waals surface area contributed by atoms with Gasteiger partial charge in [0.05, 0.1) is 37.1 Å². The van der Waals surface area contributed by atoms with Gasteiger partial charge in [0.25, 0.3) is 5.91 Å². The summed E-state index contributed by atoms with van der Waals surface area (Å²) in [5.41, 5.74) is 2.04. The fraction of sp³-hybridized carbons (Fsp3) is 0.381. The Kier molecular flexibility index (Phi) is 7.01. The third-order valence-electron chi connectivity index (χ3n) is 4.32. The lowest BCUT2D eigenvalue weighted by molar-refractivity contribution is 0.102. The Bertz CT molecular complexity index is 798. The van der Waals surface area contributed by atoms with E-state index in [1.807, 2.05) is 26.0 Å². The van der Waals surface area contributed by atoms with Crippen LogP contribution < -0.4 is 19.7 Å². The molecule has 2 aromatic rings. The molecule has 2 aromatic carbocycles. The molecule has 0 spiro atoms. The van der Waals surface area contributed by atoms with Crippen LogP contribution in [0.25, 0.3) is 0 Å². The number of hydrogen-bond donors (Lipinski definition) is 1. The van der Waals surface area contributed by atoms with Crippen molar-refractivity contribution in [1.29, 1.82) is 0 Å². The van der Waals surface area contributed by atoms with Crippen molar-refractivity contribution in [3.8, 4) is 11.5 Å². The second-order valence-corrected chi connectivity index (χ2v) is 6.69. The van der Waals surface area contributed by atoms with Crippen LogP contribution in [-0.2, 0) is 4.74 Å². The van der Waals surface area contributed by atoms with Gasteiger partial charge in [0.1, 0.15) is 11.5 Å². The number of benzene rings is 2. The van der Waals surface area contributed by atoms with Crippen LogP contribution in [0.1, 0.15) is 24.2 Å². The largest absolute Gasteiger partial charge is 0.494 e. The highest BCUT2D eigenvalue weighted by Gasteiger charge is 2.16. The molecule has 0 aliphatic carbocycles. The van der Waals surface area contributed by atoms with E-state index in [1.165, 1.54) is 0 Å². The number of morpholine rings is 1. The second kappa shape index (κ2) is 9.66. The van der Waals surface area contributed by atoms with Gasteiger partial charge in [-0.15, -0.1) is 0 Å². The highest BCUT2D eigenvalue weighted by atomic mass is 35.5. The molecule has 3 rings (SSSR count). The number of nitrogens with one attached hydrogen (secondary N) is 1. The Morgan fingerprint density at radius 3 is 2.29 bits per heavy atom. The molecule has 28 heavy (non-hydrogen) atoms.